The molecule has 0 saturated carbocycles. The van der Waals surface area contributed by atoms with Crippen LogP contribution in [-0.4, -0.2) is 29.4 Å². The zero-order valence-corrected chi connectivity index (χ0v) is 4.64. The summed E-state index contributed by atoms with van der Waals surface area (Å²) in [5.74, 6) is 0. The van der Waals surface area contributed by atoms with Crippen molar-refractivity contribution in [1.82, 2.24) is 15.4 Å². The Morgan fingerprint density at radius 2 is 2.00 bits per heavy atom. The highest BCUT2D eigenvalue weighted by molar-refractivity contribution is 6.71. The van der Waals surface area contributed by atoms with Crippen LogP contribution >= 0.6 is 0 Å². The fraction of sp³-hybridized carbons (Fsp3) is 1.00. The maximum atomic E-state index is 4.87. The van der Waals surface area contributed by atoms with Crippen LogP contribution in [0.25, 0.3) is 0 Å². The van der Waals surface area contributed by atoms with Crippen molar-refractivity contribution in [3.63, 3.8) is 0 Å². The van der Waals surface area contributed by atoms with E-state index in [1.54, 1.807) is 22.2 Å². The third-order valence-electron chi connectivity index (χ3n) is 0.872. The molecule has 8 heavy (non-hydrogen) atoms. The summed E-state index contributed by atoms with van der Waals surface area (Å²) in [6.07, 6.45) is 0. The molecule has 0 aromatic rings. The summed E-state index contributed by atoms with van der Waals surface area (Å²) in [6, 6.07) is 0. The molecular weight excluding hydrogens is 102 g/mol. The topological polar surface area (TPSA) is 45.3 Å². The molecule has 0 spiro atoms. The molecule has 3 N–H and O–H groups in total. The average Bonchev–Trinajstić information content (AvgIpc) is 1.90. The van der Waals surface area contributed by atoms with Crippen molar-refractivity contribution < 1.29 is 4.65 Å². The van der Waals surface area contributed by atoms with E-state index in [4.69, 9.17) is 4.65 Å². The van der Waals surface area contributed by atoms with Crippen molar-refractivity contribution in [2.75, 3.05) is 7.11 Å². The molecular formula is CH6B3N3O. The van der Waals surface area contributed by atoms with Gasteiger partial charge in [-0.15, -0.1) is 0 Å². The van der Waals surface area contributed by atoms with Gasteiger partial charge < -0.3 is 20.1 Å². The van der Waals surface area contributed by atoms with Gasteiger partial charge in [0.2, 0.25) is 0 Å². The predicted octanol–water partition coefficient (Wildman–Crippen LogP) is -2.53. The van der Waals surface area contributed by atoms with E-state index >= 15 is 0 Å². The van der Waals surface area contributed by atoms with Crippen molar-refractivity contribution in [3.8, 4) is 0 Å². The van der Waals surface area contributed by atoms with Crippen molar-refractivity contribution in [2.24, 2.45) is 0 Å². The Balaban J connectivity index is 2.13. The largest absolute Gasteiger partial charge is 0.451 e. The minimum Gasteiger partial charge on any atom is -0.412 e. The van der Waals surface area contributed by atoms with Crippen molar-refractivity contribution in [1.29, 1.82) is 0 Å². The van der Waals surface area contributed by atoms with E-state index in [9.17, 15) is 0 Å². The summed E-state index contributed by atoms with van der Waals surface area (Å²) in [5.41, 5.74) is 0. The monoisotopic (exact) mass is 109 g/mol. The van der Waals surface area contributed by atoms with Crippen LogP contribution in [0.4, 0.5) is 0 Å². The minimum atomic E-state index is -0.0868. The smallest absolute Gasteiger partial charge is 0.412 e. The Hall–Kier alpha value is 0.0348. The van der Waals surface area contributed by atoms with E-state index in [2.05, 4.69) is 15.4 Å². The summed E-state index contributed by atoms with van der Waals surface area (Å²) < 4.78 is 4.87. The quantitative estimate of drug-likeness (QED) is 0.324. The summed E-state index contributed by atoms with van der Waals surface area (Å²) in [5, 5.41) is 8.53. The molecule has 1 rings (SSSR count). The SMILES string of the molecule is COB1N[B]N[B]N1. The molecule has 1 aliphatic heterocycles. The highest BCUT2D eigenvalue weighted by Crippen LogP contribution is 1.69. The minimum absolute atomic E-state index is 0.0868. The van der Waals surface area contributed by atoms with E-state index < -0.39 is 0 Å². The van der Waals surface area contributed by atoms with Gasteiger partial charge in [-0.05, 0) is 0 Å². The number of hydrogen-bond donors (Lipinski definition) is 3. The Labute approximate surface area is 50.5 Å². The lowest BCUT2D eigenvalue weighted by atomic mass is 9.80. The fourth-order valence-electron chi connectivity index (χ4n) is 0.473. The third-order valence-corrected chi connectivity index (χ3v) is 0.872. The van der Waals surface area contributed by atoms with Gasteiger partial charge >= 0.3 is 7.19 Å². The van der Waals surface area contributed by atoms with Gasteiger partial charge in [0.15, 0.2) is 0 Å². The summed E-state index contributed by atoms with van der Waals surface area (Å²) >= 11 is 0. The van der Waals surface area contributed by atoms with Gasteiger partial charge in [-0.2, -0.15) is 0 Å². The molecule has 0 amide bonds. The lowest BCUT2D eigenvalue weighted by molar-refractivity contribution is 0.411. The Kier molecular flexibility index (Phi) is 2.42. The molecule has 0 atom stereocenters. The molecule has 1 saturated heterocycles. The van der Waals surface area contributed by atoms with Crippen LogP contribution in [0, 0.1) is 0 Å². The molecule has 1 fully saturated rings. The number of nitrogens with one attached hydrogen (secondary N) is 3. The maximum Gasteiger partial charge on any atom is 0.451 e. The molecule has 0 unspecified atom stereocenters. The lowest BCUT2D eigenvalue weighted by Crippen LogP contribution is -2.64. The van der Waals surface area contributed by atoms with E-state index in [0.717, 1.165) is 0 Å². The summed E-state index contributed by atoms with van der Waals surface area (Å²) in [6.45, 7) is 0. The Morgan fingerprint density at radius 1 is 1.38 bits per heavy atom. The van der Waals surface area contributed by atoms with Crippen LogP contribution < -0.4 is 15.4 Å². The van der Waals surface area contributed by atoms with Gasteiger partial charge in [0, 0.05) is 7.11 Å². The second kappa shape index (κ2) is 3.14. The first-order chi connectivity index (χ1) is 3.93. The van der Waals surface area contributed by atoms with Gasteiger partial charge in [-0.1, -0.05) is 0 Å². The molecule has 0 aromatic heterocycles. The first-order valence-corrected chi connectivity index (χ1v) is 2.38. The third kappa shape index (κ3) is 1.52. The van der Waals surface area contributed by atoms with Crippen LogP contribution in [0.15, 0.2) is 0 Å². The van der Waals surface area contributed by atoms with Crippen molar-refractivity contribution in [3.05, 3.63) is 0 Å². The molecule has 1 heterocycles. The number of rotatable bonds is 1. The van der Waals surface area contributed by atoms with Crippen LogP contribution in [0.5, 0.6) is 0 Å². The van der Waals surface area contributed by atoms with Crippen LogP contribution in [0.1, 0.15) is 0 Å². The fourth-order valence-corrected chi connectivity index (χ4v) is 0.473. The molecule has 1 aliphatic rings. The first kappa shape index (κ1) is 6.16. The zero-order valence-electron chi connectivity index (χ0n) is 4.64. The highest BCUT2D eigenvalue weighted by Gasteiger charge is 2.17. The molecule has 40 valence electrons. The molecule has 0 aliphatic carbocycles. The van der Waals surface area contributed by atoms with E-state index in [1.165, 1.54) is 0 Å². The van der Waals surface area contributed by atoms with Crippen LogP contribution in [0.3, 0.4) is 0 Å². The van der Waals surface area contributed by atoms with E-state index in [0.29, 0.717) is 0 Å². The standard InChI is InChI=1S/CH6B3N3O/c1-8-4-6-2-5-3-7-4/h5-7H,1H3. The molecule has 7 heteroatoms. The molecule has 2 radical (unpaired) electrons. The Bertz CT molecular complexity index is 65.5. The van der Waals surface area contributed by atoms with Gasteiger partial charge in [-0.25, -0.2) is 0 Å². The average molecular weight is 109 g/mol. The molecule has 0 aromatic carbocycles. The first-order valence-electron chi connectivity index (χ1n) is 2.38. The second-order valence-electron chi connectivity index (χ2n) is 1.40. The predicted molar refractivity (Wildman–Crippen MR) is 33.7 cm³/mol. The molecule has 0 bridgehead atoms. The van der Waals surface area contributed by atoms with Gasteiger partial charge in [0.25, 0.3) is 15.1 Å². The lowest BCUT2D eigenvalue weighted by Gasteiger charge is -2.17. The normalized spacial score (nSPS) is 19.4. The highest BCUT2D eigenvalue weighted by atomic mass is 16.4. The van der Waals surface area contributed by atoms with Gasteiger partial charge in [0.1, 0.15) is 0 Å². The van der Waals surface area contributed by atoms with E-state index in [-0.39, 0.29) is 7.19 Å². The van der Waals surface area contributed by atoms with Crippen LogP contribution in [-0.2, 0) is 4.65 Å². The summed E-state index contributed by atoms with van der Waals surface area (Å²) in [7, 11) is 4.93. The zero-order chi connectivity index (χ0) is 5.82. The van der Waals surface area contributed by atoms with Crippen molar-refractivity contribution >= 4 is 22.3 Å². The Morgan fingerprint density at radius 3 is 2.38 bits per heavy atom. The molecule has 4 nitrogen and oxygen atoms in total. The number of hydrogen-bond acceptors (Lipinski definition) is 4. The maximum absolute atomic E-state index is 4.87. The van der Waals surface area contributed by atoms with Gasteiger partial charge in [0.05, 0.1) is 0 Å². The van der Waals surface area contributed by atoms with Gasteiger partial charge in [-0.3, -0.25) is 0 Å². The van der Waals surface area contributed by atoms with E-state index in [1.807, 2.05) is 0 Å². The summed E-state index contributed by atoms with van der Waals surface area (Å²) in [4.78, 5) is 0. The van der Waals surface area contributed by atoms with Crippen molar-refractivity contribution in [2.45, 2.75) is 0 Å². The second-order valence-corrected chi connectivity index (χ2v) is 1.40. The van der Waals surface area contributed by atoms with Crippen LogP contribution in [0.2, 0.25) is 0 Å².